The van der Waals surface area contributed by atoms with Gasteiger partial charge in [0.2, 0.25) is 47.3 Å². The zero-order valence-electron chi connectivity index (χ0n) is 41.1. The molecular weight excluding hydrogens is 959 g/mol. The number of likely N-dealkylation sites (tertiary alicyclic amines) is 1. The number of aromatic nitrogens is 3. The molecule has 17 N–H and O–H groups in total. The van der Waals surface area contributed by atoms with Gasteiger partial charge in [-0.2, -0.15) is 0 Å². The standard InChI is InChI=1S/C49H67N15O10/c1-28(65)64-20-10-17-40(64)48(74)63-39(24-41(66)67)47(73)62-38(23-31-26-54-27-57-31)46(72)60-36(21-29-11-3-2-4-12-29)44(70)59-35(16-9-19-55-49(52)53)43(69)61-37(22-30-25-56-33-14-6-5-13-32(30)33)45(71)58-34(42(51)68)15-7-8-18-50/h2-6,11-14,25-27,34-40,56H,7-10,15-24,50H2,1H3,(H2,51,68)(H,54,57)(H,58,71)(H,59,70)(H,60,72)(H,61,69)(H,62,73)(H,63,74)(H,66,67)(H4,52,53,55)/t34-,35-,36+,37-,38-,39-,40-/m0/s1. The number of hydrogen-bond donors (Lipinski definition) is 13. The lowest BCUT2D eigenvalue weighted by molar-refractivity contribution is -0.142. The molecule has 1 aliphatic heterocycles. The van der Waals surface area contributed by atoms with Gasteiger partial charge in [-0.05, 0) is 68.7 Å². The van der Waals surface area contributed by atoms with Crippen LogP contribution in [-0.2, 0) is 62.4 Å². The highest BCUT2D eigenvalue weighted by molar-refractivity contribution is 5.99. The molecule has 1 aliphatic rings. The molecule has 0 unspecified atom stereocenters. The number of benzene rings is 2. The summed E-state index contributed by atoms with van der Waals surface area (Å²) >= 11 is 0. The Hall–Kier alpha value is -8.35. The molecule has 5 rings (SSSR count). The summed E-state index contributed by atoms with van der Waals surface area (Å²) in [5.74, 6) is -7.92. The summed E-state index contributed by atoms with van der Waals surface area (Å²) in [5.41, 5.74) is 24.8. The van der Waals surface area contributed by atoms with Crippen molar-refractivity contribution in [1.82, 2.24) is 51.8 Å². The lowest BCUT2D eigenvalue weighted by Gasteiger charge is -2.28. The third-order valence-corrected chi connectivity index (χ3v) is 12.4. The van der Waals surface area contributed by atoms with Crippen LogP contribution < -0.4 is 54.8 Å². The predicted octanol–water partition coefficient (Wildman–Crippen LogP) is -2.02. The maximum Gasteiger partial charge on any atom is 0.305 e. The van der Waals surface area contributed by atoms with Gasteiger partial charge in [-0.3, -0.25) is 48.1 Å². The third kappa shape index (κ3) is 17.2. The summed E-state index contributed by atoms with van der Waals surface area (Å²) in [4.78, 5) is 137. The fourth-order valence-corrected chi connectivity index (χ4v) is 8.59. The number of H-pyrrole nitrogens is 2. The molecule has 0 saturated carbocycles. The van der Waals surface area contributed by atoms with E-state index in [0.717, 1.165) is 10.9 Å². The van der Waals surface area contributed by atoms with Crippen molar-refractivity contribution in [2.24, 2.45) is 27.9 Å². The van der Waals surface area contributed by atoms with Gasteiger partial charge in [0.25, 0.3) is 0 Å². The van der Waals surface area contributed by atoms with Crippen molar-refractivity contribution in [1.29, 1.82) is 0 Å². The number of nitrogens with zero attached hydrogens (tertiary/aromatic N) is 3. The first-order valence-electron chi connectivity index (χ1n) is 24.4. The topological polar surface area (TPSA) is 410 Å². The Labute approximate surface area is 426 Å². The highest BCUT2D eigenvalue weighted by atomic mass is 16.4. The van der Waals surface area contributed by atoms with E-state index in [1.54, 1.807) is 36.5 Å². The van der Waals surface area contributed by atoms with Gasteiger partial charge in [0, 0.05) is 68.3 Å². The van der Waals surface area contributed by atoms with Gasteiger partial charge in [0.1, 0.15) is 42.3 Å². The number of fused-ring (bicyclic) bond motifs is 1. The number of guanidine groups is 1. The number of unbranched alkanes of at least 4 members (excludes halogenated alkanes) is 1. The van der Waals surface area contributed by atoms with E-state index in [-0.39, 0.29) is 63.4 Å². The number of carboxylic acid groups (broad SMARTS) is 1. The zero-order valence-corrected chi connectivity index (χ0v) is 41.1. The van der Waals surface area contributed by atoms with Crippen LogP contribution in [0.3, 0.4) is 0 Å². The van der Waals surface area contributed by atoms with Crippen LogP contribution in [0, 0.1) is 0 Å². The molecule has 25 heteroatoms. The highest BCUT2D eigenvalue weighted by Gasteiger charge is 2.37. The van der Waals surface area contributed by atoms with Crippen molar-refractivity contribution in [2.45, 2.75) is 120 Å². The fraction of sp³-hybridized carbons (Fsp3) is 0.449. The van der Waals surface area contributed by atoms with E-state index in [9.17, 15) is 48.3 Å². The van der Waals surface area contributed by atoms with E-state index in [2.05, 4.69) is 51.8 Å². The summed E-state index contributed by atoms with van der Waals surface area (Å²) in [7, 11) is 0. The number of amides is 8. The zero-order chi connectivity index (χ0) is 53.7. The van der Waals surface area contributed by atoms with Gasteiger partial charge in [-0.15, -0.1) is 0 Å². The molecule has 0 radical (unpaired) electrons. The number of carbonyl (C=O) groups is 9. The van der Waals surface area contributed by atoms with Crippen LogP contribution in [-0.4, -0.2) is 146 Å². The molecule has 74 heavy (non-hydrogen) atoms. The monoisotopic (exact) mass is 1030 g/mol. The van der Waals surface area contributed by atoms with Crippen molar-refractivity contribution < 1.29 is 48.3 Å². The van der Waals surface area contributed by atoms with Crippen molar-refractivity contribution in [2.75, 3.05) is 19.6 Å². The number of imidazole rings is 1. The summed E-state index contributed by atoms with van der Waals surface area (Å²) in [5, 5.41) is 26.4. The lowest BCUT2D eigenvalue weighted by Crippen LogP contribution is -2.61. The van der Waals surface area contributed by atoms with Crippen LogP contribution in [0.5, 0.6) is 0 Å². The number of para-hydroxylation sites is 1. The SMILES string of the molecule is CC(=O)N1CCC[C@H]1C(=O)N[C@@H](CC(=O)O)C(=O)N[C@@H](Cc1cnc[nH]1)C(=O)N[C@H](Cc1ccccc1)C(=O)N[C@@H](CCCN=C(N)N)C(=O)N[C@@H](Cc1c[nH]c2ccccc12)C(=O)N[C@@H](CCCCN)C(N)=O. The normalized spacial score (nSPS) is 15.5. The number of primary amides is 1. The average molecular weight is 1030 g/mol. The predicted molar refractivity (Wildman–Crippen MR) is 271 cm³/mol. The van der Waals surface area contributed by atoms with Gasteiger partial charge < -0.3 is 74.8 Å². The molecule has 0 bridgehead atoms. The number of nitrogens with two attached hydrogens (primary N) is 4. The molecule has 0 spiro atoms. The Morgan fingerprint density at radius 3 is 1.93 bits per heavy atom. The van der Waals surface area contributed by atoms with Crippen LogP contribution in [0.4, 0.5) is 0 Å². The van der Waals surface area contributed by atoms with Gasteiger partial charge in [-0.1, -0.05) is 48.5 Å². The van der Waals surface area contributed by atoms with E-state index >= 15 is 0 Å². The number of aromatic amines is 2. The van der Waals surface area contributed by atoms with Crippen molar-refractivity contribution in [3.8, 4) is 0 Å². The first-order chi connectivity index (χ1) is 35.4. The van der Waals surface area contributed by atoms with Crippen LogP contribution in [0.25, 0.3) is 10.9 Å². The number of hydrogen-bond acceptors (Lipinski definition) is 12. The Balaban J connectivity index is 1.43. The van der Waals surface area contributed by atoms with Crippen molar-refractivity contribution in [3.05, 3.63) is 90.1 Å². The van der Waals surface area contributed by atoms with Crippen LogP contribution in [0.15, 0.2) is 78.3 Å². The first-order valence-corrected chi connectivity index (χ1v) is 24.4. The minimum absolute atomic E-state index is 0.0441. The van der Waals surface area contributed by atoms with E-state index in [1.807, 2.05) is 24.3 Å². The number of nitrogens with one attached hydrogen (secondary N) is 8. The largest absolute Gasteiger partial charge is 0.481 e. The molecule has 8 amide bonds. The van der Waals surface area contributed by atoms with E-state index in [0.29, 0.717) is 49.2 Å². The highest BCUT2D eigenvalue weighted by Crippen LogP contribution is 2.21. The molecule has 7 atom stereocenters. The van der Waals surface area contributed by atoms with Crippen molar-refractivity contribution >= 4 is 70.1 Å². The summed E-state index contributed by atoms with van der Waals surface area (Å²) in [6.45, 7) is 1.99. The van der Waals surface area contributed by atoms with Crippen LogP contribution in [0.1, 0.15) is 75.1 Å². The van der Waals surface area contributed by atoms with Crippen molar-refractivity contribution in [3.63, 3.8) is 0 Å². The number of carbonyl (C=O) groups excluding carboxylic acids is 8. The van der Waals surface area contributed by atoms with Crippen LogP contribution >= 0.6 is 0 Å². The molecule has 2 aromatic heterocycles. The van der Waals surface area contributed by atoms with Gasteiger partial charge in [0.05, 0.1) is 12.7 Å². The molecule has 25 nitrogen and oxygen atoms in total. The maximum absolute atomic E-state index is 14.7. The molecule has 3 heterocycles. The average Bonchev–Trinajstić information content (AvgIpc) is 4.16. The van der Waals surface area contributed by atoms with Gasteiger partial charge in [0.15, 0.2) is 5.96 Å². The second-order valence-corrected chi connectivity index (χ2v) is 18.0. The smallest absolute Gasteiger partial charge is 0.305 e. The molecule has 2 aromatic carbocycles. The first kappa shape index (κ1) is 56.6. The molecule has 398 valence electrons. The Bertz CT molecular complexity index is 2600. The summed E-state index contributed by atoms with van der Waals surface area (Å²) < 4.78 is 0. The third-order valence-electron chi connectivity index (χ3n) is 12.4. The molecule has 1 fully saturated rings. The second-order valence-electron chi connectivity index (χ2n) is 18.0. The fourth-order valence-electron chi connectivity index (χ4n) is 8.59. The molecule has 4 aromatic rings. The number of aliphatic carboxylic acids is 1. The summed E-state index contributed by atoms with van der Waals surface area (Å²) in [6.07, 6.45) is 5.21. The number of rotatable bonds is 29. The number of aliphatic imine (C=N–C) groups is 1. The summed E-state index contributed by atoms with van der Waals surface area (Å²) in [6, 6.07) is 6.52. The van der Waals surface area contributed by atoms with Crippen LogP contribution in [0.2, 0.25) is 0 Å². The molecular formula is C49H67N15O10. The lowest BCUT2D eigenvalue weighted by atomic mass is 10.0. The number of carboxylic acids is 1. The minimum Gasteiger partial charge on any atom is -0.481 e. The van der Waals surface area contributed by atoms with E-state index in [1.165, 1.54) is 24.3 Å². The maximum atomic E-state index is 14.7. The Kier molecular flexibility index (Phi) is 21.4. The van der Waals surface area contributed by atoms with E-state index < -0.39 is 96.0 Å². The molecule has 1 saturated heterocycles. The van der Waals surface area contributed by atoms with Gasteiger partial charge in [-0.25, -0.2) is 4.98 Å². The second kappa shape index (κ2) is 28.0. The quantitative estimate of drug-likeness (QED) is 0.0159. The van der Waals surface area contributed by atoms with E-state index in [4.69, 9.17) is 22.9 Å². The van der Waals surface area contributed by atoms with Gasteiger partial charge >= 0.3 is 5.97 Å². The molecule has 0 aliphatic carbocycles. The Morgan fingerprint density at radius 2 is 1.31 bits per heavy atom. The minimum atomic E-state index is -1.69. The Morgan fingerprint density at radius 1 is 0.716 bits per heavy atom.